The van der Waals surface area contributed by atoms with Crippen LogP contribution < -0.4 is 14.4 Å². The number of carbonyl (C=O) groups is 3. The fourth-order valence-electron chi connectivity index (χ4n) is 4.22. The molecule has 160 valence electrons. The summed E-state index contributed by atoms with van der Waals surface area (Å²) in [5, 5.41) is 0. The van der Waals surface area contributed by atoms with Crippen molar-refractivity contribution in [2.24, 2.45) is 0 Å². The van der Waals surface area contributed by atoms with Crippen LogP contribution in [0.2, 0.25) is 0 Å². The molecule has 3 amide bonds. The molecule has 3 aliphatic rings. The quantitative estimate of drug-likeness (QED) is 0.548. The van der Waals surface area contributed by atoms with Crippen molar-refractivity contribution in [3.05, 3.63) is 53.6 Å². The standard InChI is InChI=1S/C22H21N3O6/c1-29-21(27)15-3-2-4-16(10-15)25-20(26)17-12-23(7-8-24(17)22(25)28)11-14-5-6-18-19(9-14)31-13-30-18/h2-6,9-10,17H,7-8,11-13H2,1H3. The van der Waals surface area contributed by atoms with Gasteiger partial charge in [-0.05, 0) is 35.9 Å². The van der Waals surface area contributed by atoms with Crippen LogP contribution in [0.15, 0.2) is 42.5 Å². The Balaban J connectivity index is 1.32. The maximum Gasteiger partial charge on any atom is 0.337 e. The molecular weight excluding hydrogens is 402 g/mol. The zero-order valence-corrected chi connectivity index (χ0v) is 16.9. The molecule has 5 rings (SSSR count). The van der Waals surface area contributed by atoms with E-state index in [1.807, 2.05) is 18.2 Å². The Hall–Kier alpha value is -3.59. The largest absolute Gasteiger partial charge is 0.465 e. The first-order chi connectivity index (χ1) is 15.0. The van der Waals surface area contributed by atoms with Gasteiger partial charge in [0, 0.05) is 26.2 Å². The smallest absolute Gasteiger partial charge is 0.337 e. The molecule has 2 saturated heterocycles. The van der Waals surface area contributed by atoms with Gasteiger partial charge >= 0.3 is 12.0 Å². The Morgan fingerprint density at radius 1 is 1.10 bits per heavy atom. The predicted molar refractivity (Wildman–Crippen MR) is 109 cm³/mol. The number of anilines is 1. The molecule has 9 nitrogen and oxygen atoms in total. The maximum absolute atomic E-state index is 13.1. The van der Waals surface area contributed by atoms with Crippen molar-refractivity contribution in [3.8, 4) is 11.5 Å². The molecule has 0 saturated carbocycles. The van der Waals surface area contributed by atoms with Crippen LogP contribution in [0.1, 0.15) is 15.9 Å². The van der Waals surface area contributed by atoms with Crippen molar-refractivity contribution >= 4 is 23.6 Å². The van der Waals surface area contributed by atoms with E-state index in [1.165, 1.54) is 13.2 Å². The molecule has 0 radical (unpaired) electrons. The maximum atomic E-state index is 13.1. The minimum atomic E-state index is -0.558. The number of fused-ring (bicyclic) bond motifs is 2. The Labute approximate surface area is 178 Å². The van der Waals surface area contributed by atoms with Gasteiger partial charge in [-0.15, -0.1) is 0 Å². The number of methoxy groups -OCH3 is 1. The van der Waals surface area contributed by atoms with Crippen molar-refractivity contribution in [2.75, 3.05) is 38.4 Å². The molecule has 3 aliphatic heterocycles. The summed E-state index contributed by atoms with van der Waals surface area (Å²) >= 11 is 0. The number of carbonyl (C=O) groups excluding carboxylic acids is 3. The lowest BCUT2D eigenvalue weighted by atomic mass is 10.1. The third-order valence-corrected chi connectivity index (χ3v) is 5.78. The number of benzene rings is 2. The number of amides is 3. The van der Waals surface area contributed by atoms with E-state index in [4.69, 9.17) is 14.2 Å². The zero-order chi connectivity index (χ0) is 21.5. The van der Waals surface area contributed by atoms with Crippen LogP contribution in [-0.2, 0) is 16.1 Å². The minimum absolute atomic E-state index is 0.225. The average Bonchev–Trinajstić information content (AvgIpc) is 3.35. The number of hydrogen-bond donors (Lipinski definition) is 0. The summed E-state index contributed by atoms with van der Waals surface area (Å²) in [6.07, 6.45) is 0. The van der Waals surface area contributed by atoms with Crippen molar-refractivity contribution < 1.29 is 28.6 Å². The van der Waals surface area contributed by atoms with Gasteiger partial charge in [0.15, 0.2) is 11.5 Å². The Morgan fingerprint density at radius 3 is 2.77 bits per heavy atom. The molecule has 0 spiro atoms. The molecule has 0 aliphatic carbocycles. The highest BCUT2D eigenvalue weighted by Crippen LogP contribution is 2.33. The first kappa shape index (κ1) is 19.4. The predicted octanol–water partition coefficient (Wildman–Crippen LogP) is 1.85. The van der Waals surface area contributed by atoms with Crippen molar-refractivity contribution in [3.63, 3.8) is 0 Å². The molecule has 0 bridgehead atoms. The van der Waals surface area contributed by atoms with E-state index >= 15 is 0 Å². The zero-order valence-electron chi connectivity index (χ0n) is 16.9. The third-order valence-electron chi connectivity index (χ3n) is 5.78. The topological polar surface area (TPSA) is 88.6 Å². The highest BCUT2D eigenvalue weighted by molar-refractivity contribution is 6.21. The molecule has 9 heteroatoms. The van der Waals surface area contributed by atoms with Gasteiger partial charge in [-0.2, -0.15) is 0 Å². The fraction of sp³-hybridized carbons (Fsp3) is 0.318. The number of imide groups is 1. The molecule has 0 aromatic heterocycles. The van der Waals surface area contributed by atoms with Crippen LogP contribution in [0.25, 0.3) is 0 Å². The van der Waals surface area contributed by atoms with Crippen LogP contribution in [0.3, 0.4) is 0 Å². The van der Waals surface area contributed by atoms with Gasteiger partial charge in [0.2, 0.25) is 6.79 Å². The molecule has 3 heterocycles. The van der Waals surface area contributed by atoms with E-state index in [2.05, 4.69) is 4.90 Å². The lowest BCUT2D eigenvalue weighted by Gasteiger charge is -2.35. The summed E-state index contributed by atoms with van der Waals surface area (Å²) in [4.78, 5) is 42.8. The summed E-state index contributed by atoms with van der Waals surface area (Å²) in [6.45, 7) is 2.41. The number of nitrogens with zero attached hydrogens (tertiary/aromatic N) is 3. The van der Waals surface area contributed by atoms with Gasteiger partial charge in [0.05, 0.1) is 18.4 Å². The van der Waals surface area contributed by atoms with Crippen molar-refractivity contribution in [1.29, 1.82) is 0 Å². The molecule has 2 aromatic carbocycles. The number of urea groups is 1. The Bertz CT molecular complexity index is 1070. The molecule has 1 atom stereocenters. The van der Waals surface area contributed by atoms with E-state index in [0.717, 1.165) is 22.0 Å². The monoisotopic (exact) mass is 423 g/mol. The first-order valence-electron chi connectivity index (χ1n) is 9.99. The van der Waals surface area contributed by atoms with Gasteiger partial charge < -0.3 is 19.1 Å². The van der Waals surface area contributed by atoms with Crippen molar-refractivity contribution in [2.45, 2.75) is 12.6 Å². The van der Waals surface area contributed by atoms with Crippen LogP contribution in [0.5, 0.6) is 11.5 Å². The minimum Gasteiger partial charge on any atom is -0.465 e. The van der Waals surface area contributed by atoms with Gasteiger partial charge in [-0.3, -0.25) is 9.69 Å². The molecular formula is C22H21N3O6. The van der Waals surface area contributed by atoms with Crippen LogP contribution in [0, 0.1) is 0 Å². The van der Waals surface area contributed by atoms with Crippen LogP contribution in [-0.4, -0.2) is 67.3 Å². The number of rotatable bonds is 4. The first-order valence-corrected chi connectivity index (χ1v) is 9.99. The van der Waals surface area contributed by atoms with E-state index in [1.54, 1.807) is 23.1 Å². The summed E-state index contributed by atoms with van der Waals surface area (Å²) in [5.41, 5.74) is 1.71. The number of piperazine rings is 1. The second-order valence-electron chi connectivity index (χ2n) is 7.63. The average molecular weight is 423 g/mol. The van der Waals surface area contributed by atoms with Crippen molar-refractivity contribution in [1.82, 2.24) is 9.80 Å². The summed E-state index contributed by atoms with van der Waals surface area (Å²) < 4.78 is 15.5. The Kier molecular flexibility index (Phi) is 4.74. The van der Waals surface area contributed by atoms with E-state index in [0.29, 0.717) is 31.9 Å². The lowest BCUT2D eigenvalue weighted by Crippen LogP contribution is -2.52. The SMILES string of the molecule is COC(=O)c1cccc(N2C(=O)C3CN(Cc4ccc5c(c4)OCO5)CCN3C2=O)c1. The molecule has 2 fully saturated rings. The van der Waals surface area contributed by atoms with Crippen LogP contribution in [0.4, 0.5) is 10.5 Å². The molecule has 2 aromatic rings. The number of hydrogen-bond acceptors (Lipinski definition) is 7. The van der Waals surface area contributed by atoms with Gasteiger partial charge in [0.1, 0.15) is 6.04 Å². The normalized spacial score (nSPS) is 20.2. The highest BCUT2D eigenvalue weighted by Gasteiger charge is 2.48. The Morgan fingerprint density at radius 2 is 1.94 bits per heavy atom. The molecule has 1 unspecified atom stereocenters. The van der Waals surface area contributed by atoms with Gasteiger partial charge in [-0.25, -0.2) is 14.5 Å². The molecule has 31 heavy (non-hydrogen) atoms. The van der Waals surface area contributed by atoms with E-state index in [9.17, 15) is 14.4 Å². The summed E-state index contributed by atoms with van der Waals surface area (Å²) in [7, 11) is 1.29. The second kappa shape index (κ2) is 7.59. The lowest BCUT2D eigenvalue weighted by molar-refractivity contribution is -0.121. The van der Waals surface area contributed by atoms with Gasteiger partial charge in [-0.1, -0.05) is 12.1 Å². The summed E-state index contributed by atoms with van der Waals surface area (Å²) in [5.74, 6) is 0.644. The second-order valence-corrected chi connectivity index (χ2v) is 7.63. The highest BCUT2D eigenvalue weighted by atomic mass is 16.7. The molecule has 0 N–H and O–H groups in total. The fourth-order valence-corrected chi connectivity index (χ4v) is 4.22. The van der Waals surface area contributed by atoms with Crippen LogP contribution >= 0.6 is 0 Å². The van der Waals surface area contributed by atoms with E-state index in [-0.39, 0.29) is 24.3 Å². The summed E-state index contributed by atoms with van der Waals surface area (Å²) in [6, 6.07) is 11.2. The third kappa shape index (κ3) is 3.36. The van der Waals surface area contributed by atoms with E-state index < -0.39 is 12.0 Å². The number of ether oxygens (including phenoxy) is 3. The van der Waals surface area contributed by atoms with Gasteiger partial charge in [0.25, 0.3) is 5.91 Å². The number of esters is 1.